The number of ether oxygens (including phenoxy) is 1. The molecule has 0 N–H and O–H groups in total. The van der Waals surface area contributed by atoms with Gasteiger partial charge < -0.3 is 4.74 Å². The maximum Gasteiger partial charge on any atom is 0.364 e. The highest BCUT2D eigenvalue weighted by atomic mass is 35.5. The number of aromatic nitrogens is 2. The number of benzene rings is 2. The van der Waals surface area contributed by atoms with E-state index in [4.69, 9.17) is 27.9 Å². The van der Waals surface area contributed by atoms with E-state index in [1.165, 1.54) is 30.3 Å². The third kappa shape index (κ3) is 4.90. The quantitative estimate of drug-likeness (QED) is 0.322. The van der Waals surface area contributed by atoms with Crippen LogP contribution in [0.15, 0.2) is 53.8 Å². The molecule has 2 aromatic carbocycles. The van der Waals surface area contributed by atoms with Gasteiger partial charge >= 0.3 is 5.97 Å². The van der Waals surface area contributed by atoms with Gasteiger partial charge in [0.25, 0.3) is 0 Å². The van der Waals surface area contributed by atoms with Crippen molar-refractivity contribution in [2.45, 2.75) is 17.8 Å². The van der Waals surface area contributed by atoms with Crippen LogP contribution < -0.4 is 4.74 Å². The van der Waals surface area contributed by atoms with E-state index in [-0.39, 0.29) is 16.3 Å². The molecule has 0 spiro atoms. The zero-order valence-electron chi connectivity index (χ0n) is 14.9. The van der Waals surface area contributed by atoms with Crippen LogP contribution in [0.2, 0.25) is 10.0 Å². The first-order chi connectivity index (χ1) is 13.7. The van der Waals surface area contributed by atoms with Gasteiger partial charge in [-0.1, -0.05) is 41.4 Å². The summed E-state index contributed by atoms with van der Waals surface area (Å²) in [6, 6.07) is 9.98. The zero-order valence-corrected chi connectivity index (χ0v) is 17.2. The Morgan fingerprint density at radius 2 is 1.86 bits per heavy atom. The third-order valence-corrected chi connectivity index (χ3v) is 5.98. The van der Waals surface area contributed by atoms with Crippen molar-refractivity contribution < 1.29 is 22.3 Å². The van der Waals surface area contributed by atoms with Gasteiger partial charge in [-0.15, -0.1) is 0 Å². The molecular weight excluding hydrogens is 442 g/mol. The summed E-state index contributed by atoms with van der Waals surface area (Å²) in [7, 11) is -4.14. The third-order valence-electron chi connectivity index (χ3n) is 3.84. The van der Waals surface area contributed by atoms with Gasteiger partial charge in [-0.3, -0.25) is 0 Å². The minimum absolute atomic E-state index is 0.0492. The Kier molecular flexibility index (Phi) is 6.16. The van der Waals surface area contributed by atoms with Gasteiger partial charge in [-0.2, -0.15) is 0 Å². The number of hydrogen-bond acceptors (Lipinski definition) is 6. The number of nitrogens with zero attached hydrogens (tertiary/aromatic N) is 2. The van der Waals surface area contributed by atoms with Crippen molar-refractivity contribution in [3.63, 3.8) is 0 Å². The van der Waals surface area contributed by atoms with Crippen LogP contribution in [-0.2, 0) is 15.6 Å². The average Bonchev–Trinajstić information content (AvgIpc) is 2.66. The van der Waals surface area contributed by atoms with Crippen molar-refractivity contribution in [3.05, 3.63) is 81.3 Å². The second kappa shape index (κ2) is 8.44. The first kappa shape index (κ1) is 21.2. The molecule has 6 nitrogen and oxygen atoms in total. The molecule has 1 heterocycles. The number of carbonyl (C=O) groups is 1. The van der Waals surface area contributed by atoms with Crippen molar-refractivity contribution in [1.29, 1.82) is 0 Å². The average molecular weight is 455 g/mol. The summed E-state index contributed by atoms with van der Waals surface area (Å²) < 4.78 is 44.2. The maximum atomic E-state index is 13.8. The molecule has 0 saturated carbocycles. The molecule has 10 heteroatoms. The van der Waals surface area contributed by atoms with Gasteiger partial charge in [0.15, 0.2) is 5.69 Å². The molecule has 0 unspecified atom stereocenters. The maximum absolute atomic E-state index is 13.8. The van der Waals surface area contributed by atoms with E-state index in [0.717, 1.165) is 12.3 Å². The largest absolute Gasteiger partial charge is 0.422 e. The van der Waals surface area contributed by atoms with Crippen LogP contribution in [0.3, 0.4) is 0 Å². The Hall–Kier alpha value is -2.55. The van der Waals surface area contributed by atoms with Crippen LogP contribution in [-0.4, -0.2) is 24.4 Å². The lowest BCUT2D eigenvalue weighted by molar-refractivity contribution is 0.0727. The van der Waals surface area contributed by atoms with Crippen LogP contribution >= 0.6 is 23.2 Å². The molecule has 0 saturated heterocycles. The highest BCUT2D eigenvalue weighted by molar-refractivity contribution is 7.90. The number of rotatable bonds is 5. The molecule has 0 bridgehead atoms. The molecule has 0 amide bonds. The van der Waals surface area contributed by atoms with E-state index in [1.807, 2.05) is 0 Å². The highest BCUT2D eigenvalue weighted by Gasteiger charge is 2.25. The van der Waals surface area contributed by atoms with Crippen LogP contribution in [0.25, 0.3) is 0 Å². The van der Waals surface area contributed by atoms with Gasteiger partial charge in [-0.05, 0) is 36.8 Å². The molecule has 0 aliphatic rings. The van der Waals surface area contributed by atoms with Crippen molar-refractivity contribution >= 4 is 39.0 Å². The summed E-state index contributed by atoms with van der Waals surface area (Å²) >= 11 is 11.9. The molecule has 29 heavy (non-hydrogen) atoms. The van der Waals surface area contributed by atoms with E-state index >= 15 is 0 Å². The van der Waals surface area contributed by atoms with E-state index < -0.39 is 38.2 Å². The van der Waals surface area contributed by atoms with Crippen molar-refractivity contribution in [3.8, 4) is 5.75 Å². The van der Waals surface area contributed by atoms with Gasteiger partial charge in [0.1, 0.15) is 11.6 Å². The van der Waals surface area contributed by atoms with Crippen molar-refractivity contribution in [2.24, 2.45) is 0 Å². The molecular formula is C19H13Cl2FN2O4S. The summed E-state index contributed by atoms with van der Waals surface area (Å²) in [5.74, 6) is -2.14. The summed E-state index contributed by atoms with van der Waals surface area (Å²) in [4.78, 5) is 19.9. The molecule has 0 radical (unpaired) electrons. The second-order valence-corrected chi connectivity index (χ2v) is 8.70. The Morgan fingerprint density at radius 1 is 1.14 bits per heavy atom. The number of carbonyl (C=O) groups excluding carboxylic acids is 1. The predicted octanol–water partition coefficient (Wildman–Crippen LogP) is 4.42. The van der Waals surface area contributed by atoms with E-state index in [9.17, 15) is 17.6 Å². The molecule has 150 valence electrons. The lowest BCUT2D eigenvalue weighted by Gasteiger charge is -2.09. The van der Waals surface area contributed by atoms with Gasteiger partial charge in [0.2, 0.25) is 15.0 Å². The molecule has 0 aliphatic heterocycles. The van der Waals surface area contributed by atoms with Gasteiger partial charge in [0, 0.05) is 10.6 Å². The van der Waals surface area contributed by atoms with Crippen molar-refractivity contribution in [1.82, 2.24) is 9.97 Å². The van der Waals surface area contributed by atoms with E-state index in [1.54, 1.807) is 13.0 Å². The highest BCUT2D eigenvalue weighted by Crippen LogP contribution is 2.24. The Labute approximate surface area is 176 Å². The standard InChI is InChI=1S/C19H13Cl2FN2O4S/c1-11-8-13(6-7-14(11)20)28-18(25)17-15(21)9-23-19(24-17)29(26,27)10-12-4-2-3-5-16(12)22/h2-9H,10H2,1H3. The van der Waals surface area contributed by atoms with Crippen molar-refractivity contribution in [2.75, 3.05) is 0 Å². The molecule has 0 aliphatic carbocycles. The van der Waals surface area contributed by atoms with Crippen LogP contribution in [0.4, 0.5) is 4.39 Å². The minimum atomic E-state index is -4.14. The number of sulfone groups is 1. The molecule has 1 aromatic heterocycles. The number of aryl methyl sites for hydroxylation is 1. The van der Waals surface area contributed by atoms with Gasteiger partial charge in [0.05, 0.1) is 17.0 Å². The molecule has 3 aromatic rings. The first-order valence-corrected chi connectivity index (χ1v) is 10.6. The summed E-state index contributed by atoms with van der Waals surface area (Å²) in [6.45, 7) is 1.73. The fourth-order valence-electron chi connectivity index (χ4n) is 2.36. The molecule has 0 fully saturated rings. The summed E-state index contributed by atoms with van der Waals surface area (Å²) in [5, 5.41) is -0.360. The Balaban J connectivity index is 1.89. The first-order valence-electron chi connectivity index (χ1n) is 8.14. The predicted molar refractivity (Wildman–Crippen MR) is 105 cm³/mol. The SMILES string of the molecule is Cc1cc(OC(=O)c2nc(S(=O)(=O)Cc3ccccc3F)ncc2Cl)ccc1Cl. The zero-order chi connectivity index (χ0) is 21.2. The van der Waals surface area contributed by atoms with Crippen LogP contribution in [0.5, 0.6) is 5.75 Å². The van der Waals surface area contributed by atoms with Crippen LogP contribution in [0.1, 0.15) is 21.6 Å². The molecule has 0 atom stereocenters. The van der Waals surface area contributed by atoms with Crippen LogP contribution in [0, 0.1) is 12.7 Å². The Bertz CT molecular complexity index is 1200. The second-order valence-electron chi connectivity index (χ2n) is 6.00. The molecule has 3 rings (SSSR count). The summed E-state index contributed by atoms with van der Waals surface area (Å²) in [6.07, 6.45) is 0.979. The minimum Gasteiger partial charge on any atom is -0.422 e. The monoisotopic (exact) mass is 454 g/mol. The fourth-order valence-corrected chi connectivity index (χ4v) is 3.87. The topological polar surface area (TPSA) is 86.2 Å². The fraction of sp³-hybridized carbons (Fsp3) is 0.105. The van der Waals surface area contributed by atoms with E-state index in [2.05, 4.69) is 9.97 Å². The Morgan fingerprint density at radius 3 is 2.55 bits per heavy atom. The smallest absolute Gasteiger partial charge is 0.364 e. The number of hydrogen-bond donors (Lipinski definition) is 0. The van der Waals surface area contributed by atoms with Gasteiger partial charge in [-0.25, -0.2) is 27.6 Å². The normalized spacial score (nSPS) is 11.3. The lowest BCUT2D eigenvalue weighted by atomic mass is 10.2. The number of esters is 1. The number of halogens is 3. The summed E-state index contributed by atoms with van der Waals surface area (Å²) in [5.41, 5.74) is 0.201. The lowest BCUT2D eigenvalue weighted by Crippen LogP contribution is -2.17. The van der Waals surface area contributed by atoms with E-state index in [0.29, 0.717) is 10.6 Å².